The second kappa shape index (κ2) is 5.65. The standard InChI is InChI=1S/C16H20N2O2/c19-15-13-8-4-5-9-14(13)17-16(20)18(15)11-10-12-6-2-1-3-7-12/h1-3,6-7,13-14H,4-5,8-11H2,(H,17,20). The van der Waals surface area contributed by atoms with E-state index in [2.05, 4.69) is 5.32 Å². The van der Waals surface area contributed by atoms with Crippen molar-refractivity contribution in [1.82, 2.24) is 10.2 Å². The number of carbonyl (C=O) groups is 2. The van der Waals surface area contributed by atoms with Crippen molar-refractivity contribution in [3.8, 4) is 0 Å². The SMILES string of the molecule is O=C1NC2CCCCC2C(=O)N1CCc1ccccc1. The van der Waals surface area contributed by atoms with Gasteiger partial charge in [-0.2, -0.15) is 0 Å². The van der Waals surface area contributed by atoms with Crippen molar-refractivity contribution >= 4 is 11.9 Å². The lowest BCUT2D eigenvalue weighted by Crippen LogP contribution is -2.61. The minimum Gasteiger partial charge on any atom is -0.334 e. The lowest BCUT2D eigenvalue weighted by atomic mass is 9.82. The number of nitrogens with zero attached hydrogens (tertiary/aromatic N) is 1. The van der Waals surface area contributed by atoms with Crippen LogP contribution in [0.5, 0.6) is 0 Å². The van der Waals surface area contributed by atoms with Crippen molar-refractivity contribution in [1.29, 1.82) is 0 Å². The second-order valence-corrected chi connectivity index (χ2v) is 5.67. The maximum atomic E-state index is 12.5. The number of amides is 3. The highest BCUT2D eigenvalue weighted by molar-refractivity contribution is 5.98. The summed E-state index contributed by atoms with van der Waals surface area (Å²) in [5.74, 6) is 0.0200. The maximum Gasteiger partial charge on any atom is 0.324 e. The normalized spacial score (nSPS) is 26.1. The van der Waals surface area contributed by atoms with E-state index in [4.69, 9.17) is 0 Å². The molecule has 20 heavy (non-hydrogen) atoms. The molecule has 3 amide bonds. The van der Waals surface area contributed by atoms with Gasteiger partial charge < -0.3 is 5.32 Å². The topological polar surface area (TPSA) is 49.4 Å². The second-order valence-electron chi connectivity index (χ2n) is 5.67. The fourth-order valence-corrected chi connectivity index (χ4v) is 3.23. The molecule has 1 saturated carbocycles. The first-order valence-corrected chi connectivity index (χ1v) is 7.41. The van der Waals surface area contributed by atoms with Crippen LogP contribution in [0.4, 0.5) is 4.79 Å². The molecule has 3 rings (SSSR count). The third kappa shape index (κ3) is 2.55. The van der Waals surface area contributed by atoms with Gasteiger partial charge in [-0.25, -0.2) is 4.79 Å². The van der Waals surface area contributed by atoms with E-state index in [9.17, 15) is 9.59 Å². The van der Waals surface area contributed by atoms with Crippen molar-refractivity contribution in [2.24, 2.45) is 5.92 Å². The zero-order valence-corrected chi connectivity index (χ0v) is 11.5. The number of hydrogen-bond acceptors (Lipinski definition) is 2. The van der Waals surface area contributed by atoms with Crippen molar-refractivity contribution in [3.63, 3.8) is 0 Å². The molecule has 1 aliphatic heterocycles. The monoisotopic (exact) mass is 272 g/mol. The van der Waals surface area contributed by atoms with Crippen LogP contribution in [-0.2, 0) is 11.2 Å². The number of hydrogen-bond donors (Lipinski definition) is 1. The van der Waals surface area contributed by atoms with Crippen molar-refractivity contribution < 1.29 is 9.59 Å². The summed E-state index contributed by atoms with van der Waals surface area (Å²) in [6.45, 7) is 0.470. The van der Waals surface area contributed by atoms with Gasteiger partial charge in [0.1, 0.15) is 0 Å². The molecule has 0 bridgehead atoms. The van der Waals surface area contributed by atoms with Crippen molar-refractivity contribution in [2.75, 3.05) is 6.54 Å². The van der Waals surface area contributed by atoms with Gasteiger partial charge in [-0.05, 0) is 24.8 Å². The molecule has 1 heterocycles. The van der Waals surface area contributed by atoms with Gasteiger partial charge in [-0.15, -0.1) is 0 Å². The van der Waals surface area contributed by atoms with Gasteiger partial charge in [0.25, 0.3) is 0 Å². The van der Waals surface area contributed by atoms with E-state index in [1.807, 2.05) is 30.3 Å². The summed E-state index contributed by atoms with van der Waals surface area (Å²) in [6, 6.07) is 9.82. The number of benzene rings is 1. The summed E-state index contributed by atoms with van der Waals surface area (Å²) in [5.41, 5.74) is 1.15. The molecular weight excluding hydrogens is 252 g/mol. The van der Waals surface area contributed by atoms with Gasteiger partial charge in [0.2, 0.25) is 5.91 Å². The molecule has 4 nitrogen and oxygen atoms in total. The molecule has 2 fully saturated rings. The molecule has 1 aliphatic carbocycles. The number of fused-ring (bicyclic) bond motifs is 1. The highest BCUT2D eigenvalue weighted by Gasteiger charge is 2.41. The van der Waals surface area contributed by atoms with Crippen LogP contribution < -0.4 is 5.32 Å². The summed E-state index contributed by atoms with van der Waals surface area (Å²) in [7, 11) is 0. The van der Waals surface area contributed by atoms with Gasteiger partial charge in [-0.1, -0.05) is 43.2 Å². The fourth-order valence-electron chi connectivity index (χ4n) is 3.23. The van der Waals surface area contributed by atoms with E-state index in [-0.39, 0.29) is 23.9 Å². The minimum absolute atomic E-state index is 0.00257. The largest absolute Gasteiger partial charge is 0.334 e. The van der Waals surface area contributed by atoms with Crippen LogP contribution in [0.25, 0.3) is 0 Å². The molecule has 1 aromatic carbocycles. The zero-order valence-electron chi connectivity index (χ0n) is 11.5. The van der Waals surface area contributed by atoms with Gasteiger partial charge >= 0.3 is 6.03 Å². The summed E-state index contributed by atoms with van der Waals surface area (Å²) >= 11 is 0. The molecule has 0 aromatic heterocycles. The first kappa shape index (κ1) is 13.2. The molecule has 1 N–H and O–H groups in total. The Morgan fingerprint density at radius 2 is 1.85 bits per heavy atom. The molecule has 4 heteroatoms. The van der Waals surface area contributed by atoms with Crippen molar-refractivity contribution in [3.05, 3.63) is 35.9 Å². The fraction of sp³-hybridized carbons (Fsp3) is 0.500. The summed E-state index contributed by atoms with van der Waals surface area (Å²) in [5, 5.41) is 3.00. The molecule has 2 atom stereocenters. The third-order valence-corrected chi connectivity index (χ3v) is 4.37. The first-order valence-electron chi connectivity index (χ1n) is 7.41. The summed E-state index contributed by atoms with van der Waals surface area (Å²) in [4.78, 5) is 25.9. The number of nitrogens with one attached hydrogen (secondary N) is 1. The summed E-state index contributed by atoms with van der Waals surface area (Å²) in [6.07, 6.45) is 4.77. The van der Waals surface area contributed by atoms with E-state index >= 15 is 0 Å². The highest BCUT2D eigenvalue weighted by Crippen LogP contribution is 2.29. The third-order valence-electron chi connectivity index (χ3n) is 4.37. The Kier molecular flexibility index (Phi) is 3.72. The smallest absolute Gasteiger partial charge is 0.324 e. The van der Waals surface area contributed by atoms with Gasteiger partial charge in [0, 0.05) is 12.6 Å². The minimum atomic E-state index is -0.214. The molecule has 2 unspecified atom stereocenters. The average Bonchev–Trinajstić information content (AvgIpc) is 2.48. The molecule has 1 saturated heterocycles. The van der Waals surface area contributed by atoms with E-state index in [0.717, 1.165) is 37.7 Å². The Morgan fingerprint density at radius 3 is 2.65 bits per heavy atom. The molecule has 2 aliphatic rings. The predicted octanol–water partition coefficient (Wildman–Crippen LogP) is 2.34. The Bertz CT molecular complexity index is 500. The Labute approximate surface area is 119 Å². The van der Waals surface area contributed by atoms with Gasteiger partial charge in [0.15, 0.2) is 0 Å². The van der Waals surface area contributed by atoms with Crippen LogP contribution in [0.1, 0.15) is 31.2 Å². The van der Waals surface area contributed by atoms with Crippen molar-refractivity contribution in [2.45, 2.75) is 38.1 Å². The van der Waals surface area contributed by atoms with E-state index in [1.54, 1.807) is 0 Å². The Morgan fingerprint density at radius 1 is 1.10 bits per heavy atom. The van der Waals surface area contributed by atoms with Crippen LogP contribution in [0.15, 0.2) is 30.3 Å². The maximum absolute atomic E-state index is 12.5. The average molecular weight is 272 g/mol. The van der Waals surface area contributed by atoms with E-state index in [1.165, 1.54) is 4.90 Å². The van der Waals surface area contributed by atoms with E-state index in [0.29, 0.717) is 6.54 Å². The zero-order chi connectivity index (χ0) is 13.9. The molecule has 0 radical (unpaired) electrons. The van der Waals surface area contributed by atoms with Gasteiger partial charge in [-0.3, -0.25) is 9.69 Å². The van der Waals surface area contributed by atoms with Crippen LogP contribution in [0.2, 0.25) is 0 Å². The molecule has 0 spiro atoms. The van der Waals surface area contributed by atoms with Crippen LogP contribution >= 0.6 is 0 Å². The number of rotatable bonds is 3. The van der Waals surface area contributed by atoms with Crippen LogP contribution in [0, 0.1) is 5.92 Å². The lowest BCUT2D eigenvalue weighted by Gasteiger charge is -2.40. The molecule has 1 aromatic rings. The van der Waals surface area contributed by atoms with Crippen LogP contribution in [-0.4, -0.2) is 29.4 Å². The Hall–Kier alpha value is -1.84. The number of imide groups is 1. The lowest BCUT2D eigenvalue weighted by molar-refractivity contribution is -0.136. The first-order chi connectivity index (χ1) is 9.75. The number of carbonyl (C=O) groups excluding carboxylic acids is 2. The quantitative estimate of drug-likeness (QED) is 0.918. The molecular formula is C16H20N2O2. The van der Waals surface area contributed by atoms with E-state index < -0.39 is 0 Å². The summed E-state index contributed by atoms with van der Waals surface area (Å²) < 4.78 is 0. The highest BCUT2D eigenvalue weighted by atomic mass is 16.2. The van der Waals surface area contributed by atoms with Gasteiger partial charge in [0.05, 0.1) is 5.92 Å². The molecule has 106 valence electrons. The van der Waals surface area contributed by atoms with Crippen LogP contribution in [0.3, 0.4) is 0 Å². The Balaban J connectivity index is 1.66. The number of urea groups is 1. The predicted molar refractivity (Wildman–Crippen MR) is 76.1 cm³/mol.